The molecule has 1 aliphatic heterocycles. The maximum atomic E-state index is 12.6. The molecule has 0 aromatic heterocycles. The highest BCUT2D eigenvalue weighted by atomic mass is 28.4. The molecule has 6 aliphatic rings. The predicted octanol–water partition coefficient (Wildman–Crippen LogP) is 9.52. The molecule has 6 heteroatoms. The van der Waals surface area contributed by atoms with Crippen molar-refractivity contribution in [3.8, 4) is 0 Å². The van der Waals surface area contributed by atoms with Crippen LogP contribution in [-0.4, -0.2) is 40.9 Å². The summed E-state index contributed by atoms with van der Waals surface area (Å²) in [5.41, 5.74) is 1.83. The molecule has 0 unspecified atom stereocenters. The van der Waals surface area contributed by atoms with E-state index in [1.165, 1.54) is 32.1 Å². The number of hydrogen-bond donors (Lipinski definition) is 0. The third kappa shape index (κ3) is 4.48. The molecule has 4 nitrogen and oxygen atoms in total. The lowest BCUT2D eigenvalue weighted by Crippen LogP contribution is -2.59. The van der Waals surface area contributed by atoms with Gasteiger partial charge in [0.1, 0.15) is 5.60 Å². The van der Waals surface area contributed by atoms with Crippen LogP contribution >= 0.6 is 0 Å². The van der Waals surface area contributed by atoms with Crippen molar-refractivity contribution in [3.05, 3.63) is 11.6 Å². The maximum absolute atomic E-state index is 12.6. The number of rotatable bonds is 5. The minimum absolute atomic E-state index is 0.0558. The summed E-state index contributed by atoms with van der Waals surface area (Å²) < 4.78 is 20.6. The highest BCUT2D eigenvalue weighted by Gasteiger charge is 2.79. The van der Waals surface area contributed by atoms with Crippen molar-refractivity contribution in [2.75, 3.05) is 6.61 Å². The summed E-state index contributed by atoms with van der Waals surface area (Å²) in [5, 5.41) is 0.434. The van der Waals surface area contributed by atoms with Gasteiger partial charge in [0.25, 0.3) is 0 Å². The van der Waals surface area contributed by atoms with E-state index in [1.807, 2.05) is 0 Å². The Kier molecular flexibility index (Phi) is 7.17. The third-order valence-electron chi connectivity index (χ3n) is 15.1. The van der Waals surface area contributed by atoms with Gasteiger partial charge in [0.2, 0.25) is 0 Å². The Morgan fingerprint density at radius 1 is 0.929 bits per heavy atom. The number of hydrogen-bond acceptors (Lipinski definition) is 4. The van der Waals surface area contributed by atoms with Gasteiger partial charge in [0.15, 0.2) is 16.6 Å². The zero-order valence-corrected chi connectivity index (χ0v) is 31.1. The fraction of sp³-hybridized carbons (Fsp3) is 0.917. The van der Waals surface area contributed by atoms with Gasteiger partial charge in [-0.05, 0) is 110 Å². The number of fused-ring (bicyclic) bond motifs is 9. The Morgan fingerprint density at radius 2 is 1.60 bits per heavy atom. The Balaban J connectivity index is 1.36. The van der Waals surface area contributed by atoms with E-state index < -0.39 is 16.6 Å². The summed E-state index contributed by atoms with van der Waals surface area (Å²) in [6.07, 6.45) is 11.9. The molecular weight excluding hydrogens is 553 g/mol. The zero-order valence-electron chi connectivity index (χ0n) is 29.1. The molecular formula is C36H62O4Si2. The van der Waals surface area contributed by atoms with E-state index in [0.29, 0.717) is 42.1 Å². The molecule has 238 valence electrons. The first-order chi connectivity index (χ1) is 19.2. The lowest BCUT2D eigenvalue weighted by atomic mass is 9.44. The first kappa shape index (κ1) is 31.5. The molecule has 1 saturated heterocycles. The van der Waals surface area contributed by atoms with Crippen LogP contribution in [0.2, 0.25) is 36.3 Å². The van der Waals surface area contributed by atoms with Gasteiger partial charge in [0.05, 0.1) is 0 Å². The summed E-state index contributed by atoms with van der Waals surface area (Å²) in [4.78, 5) is 12.6. The van der Waals surface area contributed by atoms with Crippen LogP contribution in [0.5, 0.6) is 0 Å². The van der Waals surface area contributed by atoms with Crippen molar-refractivity contribution in [1.82, 2.24) is 0 Å². The average Bonchev–Trinajstić information content (AvgIpc) is 3.49. The summed E-state index contributed by atoms with van der Waals surface area (Å²) >= 11 is 0. The van der Waals surface area contributed by atoms with Crippen LogP contribution in [-0.2, 0) is 18.4 Å². The van der Waals surface area contributed by atoms with Gasteiger partial charge >= 0.3 is 5.97 Å². The van der Waals surface area contributed by atoms with Crippen LogP contribution in [0.25, 0.3) is 0 Å². The monoisotopic (exact) mass is 614 g/mol. The number of carbonyl (C=O) groups excluding carboxylic acids is 1. The zero-order chi connectivity index (χ0) is 30.9. The molecule has 0 radical (unpaired) electrons. The van der Waals surface area contributed by atoms with Gasteiger partial charge in [-0.3, -0.25) is 4.79 Å². The summed E-state index contributed by atoms with van der Waals surface area (Å²) in [7, 11) is -3.72. The molecule has 4 saturated carbocycles. The van der Waals surface area contributed by atoms with Gasteiger partial charge < -0.3 is 13.6 Å². The van der Waals surface area contributed by atoms with Crippen molar-refractivity contribution in [1.29, 1.82) is 0 Å². The molecule has 10 atom stereocenters. The predicted molar refractivity (Wildman–Crippen MR) is 176 cm³/mol. The topological polar surface area (TPSA) is 44.8 Å². The molecule has 0 aromatic carbocycles. The van der Waals surface area contributed by atoms with E-state index in [1.54, 1.807) is 5.57 Å². The summed E-state index contributed by atoms with van der Waals surface area (Å²) in [5.74, 6) is 3.75. The Morgan fingerprint density at radius 3 is 2.19 bits per heavy atom. The Labute approximate surface area is 259 Å². The largest absolute Gasteiger partial charge is 0.458 e. The van der Waals surface area contributed by atoms with E-state index >= 15 is 0 Å². The molecule has 0 bridgehead atoms. The van der Waals surface area contributed by atoms with Crippen LogP contribution in [0.3, 0.4) is 0 Å². The highest BCUT2D eigenvalue weighted by Crippen LogP contribution is 2.79. The maximum Gasteiger partial charge on any atom is 0.306 e. The number of carbonyl (C=O) groups is 1. The van der Waals surface area contributed by atoms with Gasteiger partial charge in [-0.1, -0.05) is 67.0 Å². The van der Waals surface area contributed by atoms with Crippen LogP contribution in [0.4, 0.5) is 0 Å². The fourth-order valence-electron chi connectivity index (χ4n) is 10.5. The first-order valence-corrected chi connectivity index (χ1v) is 23.2. The van der Waals surface area contributed by atoms with Crippen molar-refractivity contribution in [2.45, 2.75) is 155 Å². The molecule has 0 aromatic rings. The minimum atomic E-state index is -1.89. The van der Waals surface area contributed by atoms with Crippen LogP contribution in [0.15, 0.2) is 11.6 Å². The fourth-order valence-corrected chi connectivity index (χ4v) is 12.9. The van der Waals surface area contributed by atoms with Gasteiger partial charge in [-0.15, -0.1) is 0 Å². The average molecular weight is 615 g/mol. The van der Waals surface area contributed by atoms with Crippen LogP contribution in [0, 0.1) is 46.3 Å². The second kappa shape index (κ2) is 9.54. The van der Waals surface area contributed by atoms with E-state index in [2.05, 4.69) is 87.7 Å². The second-order valence-corrected chi connectivity index (χ2v) is 28.7. The van der Waals surface area contributed by atoms with E-state index in [9.17, 15) is 4.79 Å². The summed E-state index contributed by atoms with van der Waals surface area (Å²) in [6.45, 7) is 29.9. The van der Waals surface area contributed by atoms with Crippen LogP contribution < -0.4 is 0 Å². The van der Waals surface area contributed by atoms with Gasteiger partial charge in [-0.25, -0.2) is 0 Å². The third-order valence-corrected chi connectivity index (χ3v) is 24.1. The molecule has 1 heterocycles. The molecule has 1 spiro atoms. The molecule has 5 aliphatic carbocycles. The lowest BCUT2D eigenvalue weighted by Gasteiger charge is -2.62. The number of ether oxygens (including phenoxy) is 1. The highest BCUT2D eigenvalue weighted by molar-refractivity contribution is 6.74. The normalized spacial score (nSPS) is 45.1. The lowest BCUT2D eigenvalue weighted by molar-refractivity contribution is -0.179. The van der Waals surface area contributed by atoms with Gasteiger partial charge in [0, 0.05) is 36.4 Å². The molecule has 0 N–H and O–H groups in total. The molecule has 42 heavy (non-hydrogen) atoms. The van der Waals surface area contributed by atoms with Crippen molar-refractivity contribution >= 4 is 22.6 Å². The second-order valence-electron chi connectivity index (χ2n) is 19.1. The standard InChI is InChI=1S/C36H62O4Si2/c1-32(2,3)41(9,10)38-22-23-19-24-20-25(40-42(11,12)33(4,5)6)13-16-34(24,7)27-14-17-35(8)31(30(23)27)26-21-28(26)36(35)18-15-29(37)39-36/h19,23,25-28,30-31H,13-18,20-22H2,1-12H3/t23-,25+,26-,27+,28+,30-,31+,34+,35+,36+/m1/s1. The van der Waals surface area contributed by atoms with Crippen LogP contribution in [0.1, 0.15) is 107 Å². The number of esters is 1. The van der Waals surface area contributed by atoms with Crippen molar-refractivity contribution in [3.63, 3.8) is 0 Å². The van der Waals surface area contributed by atoms with E-state index in [0.717, 1.165) is 25.4 Å². The molecule has 0 amide bonds. The van der Waals surface area contributed by atoms with Crippen molar-refractivity contribution < 1.29 is 18.4 Å². The molecule has 5 fully saturated rings. The Hall–Kier alpha value is -0.436. The molecule has 6 rings (SSSR count). The first-order valence-electron chi connectivity index (χ1n) is 17.4. The summed E-state index contributed by atoms with van der Waals surface area (Å²) in [6, 6.07) is 0. The Bertz CT molecular complexity index is 1150. The SMILES string of the molecule is CC(C)(C)[Si](C)(C)OC[C@H]1C=C2C[C@@H](O[Si](C)(C)C(C)(C)C)CC[C@]2(C)[C@H]2CC[C@@]3(C)[C@@H]([C@@H]4C[C@@H]4[C@@]34CCC(=O)O4)[C@H]12. The smallest absolute Gasteiger partial charge is 0.306 e. The van der Waals surface area contributed by atoms with Crippen molar-refractivity contribution in [2.24, 2.45) is 46.3 Å². The van der Waals surface area contributed by atoms with E-state index in [-0.39, 0.29) is 32.5 Å². The van der Waals surface area contributed by atoms with E-state index in [4.69, 9.17) is 13.6 Å². The van der Waals surface area contributed by atoms with Gasteiger partial charge in [-0.2, -0.15) is 0 Å². The quantitative estimate of drug-likeness (QED) is 0.176. The minimum Gasteiger partial charge on any atom is -0.458 e.